The van der Waals surface area contributed by atoms with Crippen molar-refractivity contribution in [2.75, 3.05) is 33.8 Å². The molecule has 1 aromatic rings. The third kappa shape index (κ3) is 4.61. The molecule has 2 aliphatic heterocycles. The number of nitrogens with zero attached hydrogens (tertiary/aromatic N) is 3. The van der Waals surface area contributed by atoms with Crippen molar-refractivity contribution >= 4 is 15.9 Å². The second-order valence-electron chi connectivity index (χ2n) is 10.4. The molecule has 3 fully saturated rings. The SMILES string of the molecule is CCN1CCC(N(C)C(=O)C2CC3CCCCC3N2S(=O)(=O)c2c(C)cc(OC)cc2C)CC1. The summed E-state index contributed by atoms with van der Waals surface area (Å²) in [6.45, 7) is 8.81. The lowest BCUT2D eigenvalue weighted by molar-refractivity contribution is -0.136. The Labute approximate surface area is 205 Å². The quantitative estimate of drug-likeness (QED) is 0.608. The molecule has 1 saturated carbocycles. The molecular weight excluding hydrogens is 450 g/mol. The molecule has 0 N–H and O–H groups in total. The van der Waals surface area contributed by atoms with Gasteiger partial charge in [-0.05, 0) is 81.7 Å². The van der Waals surface area contributed by atoms with Gasteiger partial charge in [-0.25, -0.2) is 8.42 Å². The summed E-state index contributed by atoms with van der Waals surface area (Å²) in [5.74, 6) is 0.875. The molecule has 0 aromatic heterocycles. The third-order valence-electron chi connectivity index (χ3n) is 8.42. The number of ether oxygens (including phenoxy) is 1. The number of aryl methyl sites for hydroxylation is 2. The fraction of sp³-hybridized carbons (Fsp3) is 0.731. The van der Waals surface area contributed by atoms with E-state index in [1.807, 2.05) is 25.8 Å². The van der Waals surface area contributed by atoms with Gasteiger partial charge in [-0.1, -0.05) is 19.8 Å². The molecule has 2 heterocycles. The van der Waals surface area contributed by atoms with E-state index in [2.05, 4.69) is 11.8 Å². The summed E-state index contributed by atoms with van der Waals surface area (Å²) in [4.78, 5) is 18.5. The Morgan fingerprint density at radius 3 is 2.29 bits per heavy atom. The van der Waals surface area contributed by atoms with E-state index in [0.717, 1.165) is 58.2 Å². The van der Waals surface area contributed by atoms with E-state index in [9.17, 15) is 13.2 Å². The Balaban J connectivity index is 1.67. The maximum absolute atomic E-state index is 14.2. The monoisotopic (exact) mass is 491 g/mol. The van der Waals surface area contributed by atoms with Crippen LogP contribution in [0.1, 0.15) is 63.0 Å². The van der Waals surface area contributed by atoms with Crippen molar-refractivity contribution < 1.29 is 17.9 Å². The summed E-state index contributed by atoms with van der Waals surface area (Å²) in [5.41, 5.74) is 1.34. The molecular formula is C26H41N3O4S. The van der Waals surface area contributed by atoms with Gasteiger partial charge in [0.15, 0.2) is 0 Å². The molecule has 0 radical (unpaired) electrons. The Morgan fingerprint density at radius 1 is 1.09 bits per heavy atom. The van der Waals surface area contributed by atoms with Crippen LogP contribution in [0.2, 0.25) is 0 Å². The zero-order valence-corrected chi connectivity index (χ0v) is 22.2. The van der Waals surface area contributed by atoms with Crippen molar-refractivity contribution in [2.45, 2.75) is 88.7 Å². The topological polar surface area (TPSA) is 70.2 Å². The van der Waals surface area contributed by atoms with Crippen LogP contribution in [0.25, 0.3) is 0 Å². The van der Waals surface area contributed by atoms with E-state index in [4.69, 9.17) is 4.74 Å². The molecule has 4 rings (SSSR count). The molecule has 190 valence electrons. The van der Waals surface area contributed by atoms with Crippen molar-refractivity contribution in [3.8, 4) is 5.75 Å². The lowest BCUT2D eigenvalue weighted by atomic mass is 9.85. The number of carbonyl (C=O) groups excluding carboxylic acids is 1. The average Bonchev–Trinajstić information content (AvgIpc) is 3.23. The Bertz CT molecular complexity index is 980. The number of hydrogen-bond acceptors (Lipinski definition) is 5. The Kier molecular flexibility index (Phi) is 7.60. The van der Waals surface area contributed by atoms with Crippen molar-refractivity contribution in [3.63, 3.8) is 0 Å². The summed E-state index contributed by atoms with van der Waals surface area (Å²) in [7, 11) is -0.376. The van der Waals surface area contributed by atoms with Crippen LogP contribution in [0, 0.1) is 19.8 Å². The fourth-order valence-electron chi connectivity index (χ4n) is 6.55. The lowest BCUT2D eigenvalue weighted by Crippen LogP contribution is -2.53. The number of amides is 1. The number of methoxy groups -OCH3 is 1. The van der Waals surface area contributed by atoms with Crippen LogP contribution < -0.4 is 4.74 Å². The first-order valence-electron chi connectivity index (χ1n) is 12.9. The summed E-state index contributed by atoms with van der Waals surface area (Å²) in [6.07, 6.45) is 6.48. The minimum atomic E-state index is -3.84. The molecule has 1 aromatic carbocycles. The average molecular weight is 492 g/mol. The van der Waals surface area contributed by atoms with Gasteiger partial charge in [0, 0.05) is 32.2 Å². The highest BCUT2D eigenvalue weighted by atomic mass is 32.2. The van der Waals surface area contributed by atoms with E-state index < -0.39 is 16.1 Å². The number of fused-ring (bicyclic) bond motifs is 1. The molecule has 8 heteroatoms. The zero-order chi connectivity index (χ0) is 24.6. The van der Waals surface area contributed by atoms with Crippen LogP contribution in [0.5, 0.6) is 5.75 Å². The van der Waals surface area contributed by atoms with Gasteiger partial charge in [0.1, 0.15) is 11.8 Å². The van der Waals surface area contributed by atoms with Gasteiger partial charge < -0.3 is 14.5 Å². The van der Waals surface area contributed by atoms with Gasteiger partial charge in [0.2, 0.25) is 15.9 Å². The predicted molar refractivity (Wildman–Crippen MR) is 134 cm³/mol. The smallest absolute Gasteiger partial charge is 0.244 e. The normalized spacial score (nSPS) is 26.9. The number of benzene rings is 1. The van der Waals surface area contributed by atoms with Crippen LogP contribution in [-0.2, 0) is 14.8 Å². The summed E-state index contributed by atoms with van der Waals surface area (Å²) < 4.78 is 35.4. The zero-order valence-electron chi connectivity index (χ0n) is 21.4. The first kappa shape index (κ1) is 25.5. The van der Waals surface area contributed by atoms with Crippen LogP contribution in [-0.4, -0.2) is 80.3 Å². The number of piperidine rings is 1. The summed E-state index contributed by atoms with van der Waals surface area (Å²) in [5, 5.41) is 0. The van der Waals surface area contributed by atoms with Crippen molar-refractivity contribution in [2.24, 2.45) is 5.92 Å². The molecule has 3 unspecified atom stereocenters. The molecule has 3 atom stereocenters. The van der Waals surface area contributed by atoms with Crippen molar-refractivity contribution in [1.29, 1.82) is 0 Å². The maximum Gasteiger partial charge on any atom is 0.244 e. The number of carbonyl (C=O) groups is 1. The largest absolute Gasteiger partial charge is 0.497 e. The molecule has 2 saturated heterocycles. The molecule has 1 amide bonds. The number of rotatable bonds is 6. The predicted octanol–water partition coefficient (Wildman–Crippen LogP) is 3.58. The first-order chi connectivity index (χ1) is 16.2. The lowest BCUT2D eigenvalue weighted by Gasteiger charge is -2.39. The maximum atomic E-state index is 14.2. The minimum absolute atomic E-state index is 0.0308. The summed E-state index contributed by atoms with van der Waals surface area (Å²) in [6, 6.07) is 3.02. The van der Waals surface area contributed by atoms with Crippen LogP contribution >= 0.6 is 0 Å². The highest BCUT2D eigenvalue weighted by molar-refractivity contribution is 7.89. The van der Waals surface area contributed by atoms with Gasteiger partial charge in [-0.15, -0.1) is 0 Å². The van der Waals surface area contributed by atoms with E-state index in [1.54, 1.807) is 23.5 Å². The number of likely N-dealkylation sites (tertiary alicyclic amines) is 1. The van der Waals surface area contributed by atoms with Crippen LogP contribution in [0.3, 0.4) is 0 Å². The van der Waals surface area contributed by atoms with Crippen LogP contribution in [0.4, 0.5) is 0 Å². The number of sulfonamides is 1. The van der Waals surface area contributed by atoms with E-state index >= 15 is 0 Å². The second-order valence-corrected chi connectivity index (χ2v) is 12.2. The van der Waals surface area contributed by atoms with E-state index in [-0.39, 0.29) is 23.9 Å². The van der Waals surface area contributed by atoms with Crippen molar-refractivity contribution in [1.82, 2.24) is 14.1 Å². The van der Waals surface area contributed by atoms with Gasteiger partial charge in [-0.2, -0.15) is 4.31 Å². The fourth-order valence-corrected chi connectivity index (χ4v) is 8.84. The van der Waals surface area contributed by atoms with Gasteiger partial charge in [0.25, 0.3) is 0 Å². The van der Waals surface area contributed by atoms with E-state index in [0.29, 0.717) is 28.2 Å². The molecule has 0 spiro atoms. The molecule has 0 bridgehead atoms. The summed E-state index contributed by atoms with van der Waals surface area (Å²) >= 11 is 0. The molecule has 34 heavy (non-hydrogen) atoms. The Morgan fingerprint density at radius 2 is 1.71 bits per heavy atom. The highest BCUT2D eigenvalue weighted by Crippen LogP contribution is 2.44. The van der Waals surface area contributed by atoms with Crippen LogP contribution in [0.15, 0.2) is 17.0 Å². The molecule has 1 aliphatic carbocycles. The highest BCUT2D eigenvalue weighted by Gasteiger charge is 2.52. The third-order valence-corrected chi connectivity index (χ3v) is 10.7. The Hall–Kier alpha value is -1.64. The number of hydrogen-bond donors (Lipinski definition) is 0. The molecule has 3 aliphatic rings. The number of likely N-dealkylation sites (N-methyl/N-ethyl adjacent to an activating group) is 1. The molecule has 7 nitrogen and oxygen atoms in total. The van der Waals surface area contributed by atoms with Gasteiger partial charge >= 0.3 is 0 Å². The second kappa shape index (κ2) is 10.2. The standard InChI is InChI=1S/C26H41N3O4S/c1-6-28-13-11-21(12-14-28)27(4)26(30)24-17-20-9-7-8-10-23(20)29(24)34(31,32)25-18(2)15-22(33-5)16-19(25)3/h15-16,20-21,23-24H,6-14,17H2,1-5H3. The van der Waals surface area contributed by atoms with Gasteiger partial charge in [0.05, 0.1) is 12.0 Å². The van der Waals surface area contributed by atoms with Crippen molar-refractivity contribution in [3.05, 3.63) is 23.3 Å². The minimum Gasteiger partial charge on any atom is -0.497 e. The first-order valence-corrected chi connectivity index (χ1v) is 14.3. The van der Waals surface area contributed by atoms with E-state index in [1.165, 1.54) is 0 Å². The van der Waals surface area contributed by atoms with Gasteiger partial charge in [-0.3, -0.25) is 4.79 Å².